The van der Waals surface area contributed by atoms with E-state index in [4.69, 9.17) is 17.0 Å². The van der Waals surface area contributed by atoms with E-state index in [0.717, 1.165) is 5.56 Å². The molecule has 3 rings (SSSR count). The summed E-state index contributed by atoms with van der Waals surface area (Å²) < 4.78 is 5.40. The fraction of sp³-hybridized carbons (Fsp3) is 0.160. The van der Waals surface area contributed by atoms with E-state index >= 15 is 0 Å². The molecule has 0 aromatic heterocycles. The number of nitrogens with one attached hydrogen (secondary N) is 2. The minimum absolute atomic E-state index is 0.187. The van der Waals surface area contributed by atoms with Crippen LogP contribution in [0.4, 0.5) is 5.69 Å². The van der Waals surface area contributed by atoms with Gasteiger partial charge in [0, 0.05) is 19.2 Å². The Balaban J connectivity index is 1.67. The van der Waals surface area contributed by atoms with Crippen LogP contribution in [0.15, 0.2) is 78.9 Å². The minimum atomic E-state index is -0.337. The van der Waals surface area contributed by atoms with E-state index < -0.39 is 0 Å². The summed E-state index contributed by atoms with van der Waals surface area (Å²) in [5, 5.41) is 5.83. The highest BCUT2D eigenvalue weighted by Crippen LogP contribution is 2.20. The smallest absolute Gasteiger partial charge is 0.257 e. The summed E-state index contributed by atoms with van der Waals surface area (Å²) in [6, 6.07) is 23.6. The third-order valence-electron chi connectivity index (χ3n) is 4.76. The summed E-state index contributed by atoms with van der Waals surface area (Å²) in [7, 11) is 1.71. The summed E-state index contributed by atoms with van der Waals surface area (Å²) in [6.45, 7) is 2.87. The predicted molar refractivity (Wildman–Crippen MR) is 130 cm³/mol. The molecule has 164 valence electrons. The number of thiocarbonyl (C=S) groups is 1. The van der Waals surface area contributed by atoms with E-state index in [0.29, 0.717) is 35.7 Å². The van der Waals surface area contributed by atoms with Gasteiger partial charge >= 0.3 is 0 Å². The van der Waals surface area contributed by atoms with Gasteiger partial charge in [0.05, 0.1) is 17.9 Å². The van der Waals surface area contributed by atoms with Crippen LogP contribution >= 0.6 is 12.2 Å². The van der Waals surface area contributed by atoms with Crippen LogP contribution in [0.5, 0.6) is 5.75 Å². The van der Waals surface area contributed by atoms with Crippen molar-refractivity contribution in [2.24, 2.45) is 0 Å². The molecule has 3 aromatic rings. The molecule has 0 saturated heterocycles. The van der Waals surface area contributed by atoms with Gasteiger partial charge in [0.25, 0.3) is 11.8 Å². The Morgan fingerprint density at radius 3 is 2.25 bits per heavy atom. The number of amides is 2. The number of benzene rings is 3. The Bertz CT molecular complexity index is 1090. The number of carbonyl (C=O) groups excluding carboxylic acids is 2. The maximum absolute atomic E-state index is 12.8. The number of hydrogen-bond acceptors (Lipinski definition) is 4. The summed E-state index contributed by atoms with van der Waals surface area (Å²) in [5.74, 6) is 0.132. The number of nitrogens with zero attached hydrogens (tertiary/aromatic N) is 1. The molecule has 2 N–H and O–H groups in total. The molecule has 0 fully saturated rings. The van der Waals surface area contributed by atoms with Gasteiger partial charge in [0.2, 0.25) is 0 Å². The Morgan fingerprint density at radius 2 is 1.56 bits per heavy atom. The molecule has 0 spiro atoms. The van der Waals surface area contributed by atoms with Crippen molar-refractivity contribution in [2.45, 2.75) is 13.5 Å². The van der Waals surface area contributed by atoms with Crippen molar-refractivity contribution < 1.29 is 14.3 Å². The number of anilines is 1. The van der Waals surface area contributed by atoms with Crippen molar-refractivity contribution in [3.05, 3.63) is 95.6 Å². The zero-order chi connectivity index (χ0) is 22.9. The van der Waals surface area contributed by atoms with Crippen LogP contribution in [0.2, 0.25) is 0 Å². The third-order valence-corrected chi connectivity index (χ3v) is 5.13. The summed E-state index contributed by atoms with van der Waals surface area (Å²) in [4.78, 5) is 27.0. The van der Waals surface area contributed by atoms with Crippen LogP contribution in [0.3, 0.4) is 0 Å². The quantitative estimate of drug-likeness (QED) is 0.532. The summed E-state index contributed by atoms with van der Waals surface area (Å²) >= 11 is 5.43. The Morgan fingerprint density at radius 1 is 0.906 bits per heavy atom. The molecule has 0 unspecified atom stereocenters. The molecule has 7 heteroatoms. The molecule has 0 saturated carbocycles. The minimum Gasteiger partial charge on any atom is -0.494 e. The van der Waals surface area contributed by atoms with Crippen LogP contribution in [0.1, 0.15) is 33.2 Å². The molecule has 2 amide bonds. The van der Waals surface area contributed by atoms with E-state index in [1.165, 1.54) is 0 Å². The maximum Gasteiger partial charge on any atom is 0.257 e. The van der Waals surface area contributed by atoms with Crippen LogP contribution in [0, 0.1) is 0 Å². The lowest BCUT2D eigenvalue weighted by Crippen LogP contribution is -2.41. The second-order valence-electron chi connectivity index (χ2n) is 6.96. The van der Waals surface area contributed by atoms with Gasteiger partial charge in [-0.25, -0.2) is 0 Å². The van der Waals surface area contributed by atoms with E-state index in [1.54, 1.807) is 54.4 Å². The van der Waals surface area contributed by atoms with Crippen molar-refractivity contribution in [1.29, 1.82) is 0 Å². The molecule has 0 aliphatic carbocycles. The van der Waals surface area contributed by atoms with Crippen molar-refractivity contribution in [3.8, 4) is 5.75 Å². The fourth-order valence-electron chi connectivity index (χ4n) is 3.06. The second kappa shape index (κ2) is 11.1. The standard InChI is InChI=1S/C25H25N3O3S/c1-3-31-20-15-13-19(14-16-20)23(29)27-25(32)28(2)22-12-8-7-11-21(22)24(30)26-17-18-9-5-4-6-10-18/h4-16H,3,17H2,1-2H3,(H,26,30)(H,27,29,32). The number of ether oxygens (including phenoxy) is 1. The molecule has 6 nitrogen and oxygen atoms in total. The SMILES string of the molecule is CCOc1ccc(C(=O)NC(=S)N(C)c2ccccc2C(=O)NCc2ccccc2)cc1. The van der Waals surface area contributed by atoms with Gasteiger partial charge in [0.15, 0.2) is 5.11 Å². The first-order valence-electron chi connectivity index (χ1n) is 10.2. The van der Waals surface area contributed by atoms with Crippen LogP contribution < -0.4 is 20.3 Å². The van der Waals surface area contributed by atoms with Crippen molar-refractivity contribution in [1.82, 2.24) is 10.6 Å². The largest absolute Gasteiger partial charge is 0.494 e. The van der Waals surface area contributed by atoms with E-state index in [9.17, 15) is 9.59 Å². The molecule has 0 radical (unpaired) electrons. The molecule has 3 aromatic carbocycles. The molecule has 0 bridgehead atoms. The van der Waals surface area contributed by atoms with E-state index in [2.05, 4.69) is 10.6 Å². The van der Waals surface area contributed by atoms with Gasteiger partial charge < -0.3 is 15.0 Å². The topological polar surface area (TPSA) is 70.7 Å². The number of hydrogen-bond donors (Lipinski definition) is 2. The first-order valence-corrected chi connectivity index (χ1v) is 10.6. The fourth-order valence-corrected chi connectivity index (χ4v) is 3.25. The van der Waals surface area contributed by atoms with E-state index in [-0.39, 0.29) is 16.9 Å². The number of carbonyl (C=O) groups is 2. The highest BCUT2D eigenvalue weighted by atomic mass is 32.1. The molecule has 0 aliphatic heterocycles. The normalized spacial score (nSPS) is 10.2. The van der Waals surface area contributed by atoms with Crippen molar-refractivity contribution >= 4 is 34.8 Å². The molecule has 0 atom stereocenters. The summed E-state index contributed by atoms with van der Waals surface area (Å²) in [5.41, 5.74) is 2.52. The molecule has 0 aliphatic rings. The third kappa shape index (κ3) is 5.92. The first kappa shape index (κ1) is 23.0. The average Bonchev–Trinajstić information content (AvgIpc) is 2.83. The number of para-hydroxylation sites is 1. The highest BCUT2D eigenvalue weighted by Gasteiger charge is 2.18. The zero-order valence-corrected chi connectivity index (χ0v) is 18.8. The zero-order valence-electron chi connectivity index (χ0n) is 18.0. The Kier molecular flexibility index (Phi) is 7.94. The monoisotopic (exact) mass is 447 g/mol. The van der Waals surface area contributed by atoms with Gasteiger partial charge in [-0.05, 0) is 61.1 Å². The second-order valence-corrected chi connectivity index (χ2v) is 7.35. The Labute approximate surface area is 193 Å². The molecular weight excluding hydrogens is 422 g/mol. The lowest BCUT2D eigenvalue weighted by molar-refractivity contribution is 0.0950. The van der Waals surface area contributed by atoms with Gasteiger partial charge in [-0.2, -0.15) is 0 Å². The number of rotatable bonds is 7. The van der Waals surface area contributed by atoms with Gasteiger partial charge in [-0.1, -0.05) is 42.5 Å². The van der Waals surface area contributed by atoms with Gasteiger partial charge in [-0.15, -0.1) is 0 Å². The molecule has 0 heterocycles. The van der Waals surface area contributed by atoms with Crippen molar-refractivity contribution in [2.75, 3.05) is 18.6 Å². The first-order chi connectivity index (χ1) is 15.5. The summed E-state index contributed by atoms with van der Waals surface area (Å²) in [6.07, 6.45) is 0. The Hall–Kier alpha value is -3.71. The lowest BCUT2D eigenvalue weighted by Gasteiger charge is -2.23. The van der Waals surface area contributed by atoms with Crippen LogP contribution in [0.25, 0.3) is 0 Å². The maximum atomic E-state index is 12.8. The van der Waals surface area contributed by atoms with Gasteiger partial charge in [-0.3, -0.25) is 14.9 Å². The molecular formula is C25H25N3O3S. The van der Waals surface area contributed by atoms with Crippen LogP contribution in [-0.2, 0) is 6.54 Å². The van der Waals surface area contributed by atoms with E-state index in [1.807, 2.05) is 43.3 Å². The predicted octanol–water partition coefficient (Wildman–Crippen LogP) is 4.17. The highest BCUT2D eigenvalue weighted by molar-refractivity contribution is 7.80. The van der Waals surface area contributed by atoms with Crippen LogP contribution in [-0.4, -0.2) is 30.6 Å². The lowest BCUT2D eigenvalue weighted by atomic mass is 10.1. The van der Waals surface area contributed by atoms with Gasteiger partial charge in [0.1, 0.15) is 5.75 Å². The van der Waals surface area contributed by atoms with Crippen molar-refractivity contribution in [3.63, 3.8) is 0 Å². The average molecular weight is 448 g/mol. The molecule has 32 heavy (non-hydrogen) atoms.